The molecule has 2 N–H and O–H groups in total. The Morgan fingerprint density at radius 3 is 2.31 bits per heavy atom. The number of hydrogen-bond acceptors (Lipinski definition) is 7. The molecule has 8 rings (SSSR count). The molecule has 262 valence electrons. The zero-order valence-corrected chi connectivity index (χ0v) is 30.7. The molecule has 0 spiro atoms. The molecule has 0 radical (unpaired) electrons. The number of carbonyl (C=O) groups is 4. The quantitative estimate of drug-likeness (QED) is 0.116. The van der Waals surface area contributed by atoms with E-state index in [1.165, 1.54) is 12.0 Å². The molecular formula is C42H36IN3O6. The van der Waals surface area contributed by atoms with Crippen molar-refractivity contribution < 1.29 is 29.0 Å². The highest BCUT2D eigenvalue weighted by atomic mass is 127. The van der Waals surface area contributed by atoms with Crippen molar-refractivity contribution in [2.24, 2.45) is 23.7 Å². The molecule has 9 nitrogen and oxygen atoms in total. The maximum atomic E-state index is 15.3. The molecule has 4 aromatic carbocycles. The van der Waals surface area contributed by atoms with Gasteiger partial charge in [0.2, 0.25) is 11.8 Å². The minimum Gasteiger partial charge on any atom is -0.504 e. The molecule has 2 aliphatic heterocycles. The van der Waals surface area contributed by atoms with Gasteiger partial charge in [0.15, 0.2) is 11.5 Å². The zero-order valence-electron chi connectivity index (χ0n) is 28.6. The van der Waals surface area contributed by atoms with E-state index in [-0.39, 0.29) is 29.7 Å². The standard InChI is InChI=1S/C42H36IN3O6/c1-4-24-12-16-28(17-13-24)45-38(48)30-19-18-29-31(35(30)40(45)50)22-32-39(49)46(44-27-14-10-23(2)11-15-27)41(51)42(32,26-8-6-5-7-9-26)36(29)25-20-33(43)37(47)34(21-25)52-3/h4-18,20-21,30-32,35-36,44,47H,1,19,22H2,2-3H3/t30-,31+,32-,35-,36-,42+/m0/s1. The SMILES string of the molecule is C=Cc1ccc(N2C(=O)[C@H]3[C@H](CC=C4[C@H]3C[C@H]3C(=O)N(Nc5ccc(C)cc5)C(=O)[C@@]3(c3ccccc3)[C@H]4c3cc(I)c(O)c(OC)c3)C2=O)cc1. The number of rotatable bonds is 7. The van der Waals surface area contributed by atoms with Crippen LogP contribution in [0.25, 0.3) is 6.08 Å². The first-order valence-electron chi connectivity index (χ1n) is 17.2. The molecule has 6 atom stereocenters. The molecule has 10 heteroatoms. The highest BCUT2D eigenvalue weighted by molar-refractivity contribution is 14.1. The molecule has 2 aliphatic carbocycles. The van der Waals surface area contributed by atoms with Gasteiger partial charge >= 0.3 is 0 Å². The van der Waals surface area contributed by atoms with Crippen molar-refractivity contribution in [3.8, 4) is 11.5 Å². The van der Waals surface area contributed by atoms with Crippen molar-refractivity contribution in [2.45, 2.75) is 31.1 Å². The Kier molecular flexibility index (Phi) is 8.32. The number of carbonyl (C=O) groups excluding carboxylic acids is 4. The molecule has 52 heavy (non-hydrogen) atoms. The van der Waals surface area contributed by atoms with Crippen molar-refractivity contribution in [3.05, 3.63) is 135 Å². The van der Waals surface area contributed by atoms with Gasteiger partial charge in [0.05, 0.1) is 45.2 Å². The van der Waals surface area contributed by atoms with Gasteiger partial charge in [0.1, 0.15) is 0 Å². The molecule has 0 aromatic heterocycles. The summed E-state index contributed by atoms with van der Waals surface area (Å²) in [6, 6.07) is 27.5. The van der Waals surface area contributed by atoms with Crippen LogP contribution < -0.4 is 15.1 Å². The van der Waals surface area contributed by atoms with Gasteiger partial charge in [-0.25, -0.2) is 0 Å². The number of hydrogen-bond donors (Lipinski definition) is 2. The molecule has 4 aromatic rings. The van der Waals surface area contributed by atoms with E-state index in [0.29, 0.717) is 32.5 Å². The van der Waals surface area contributed by atoms with Gasteiger partial charge in [-0.05, 0) is 101 Å². The molecule has 1 saturated carbocycles. The van der Waals surface area contributed by atoms with Crippen LogP contribution in [0.3, 0.4) is 0 Å². The van der Waals surface area contributed by atoms with Gasteiger partial charge in [-0.3, -0.25) is 29.5 Å². The van der Waals surface area contributed by atoms with Gasteiger partial charge in [-0.2, -0.15) is 5.01 Å². The van der Waals surface area contributed by atoms with Gasteiger partial charge in [0.25, 0.3) is 11.8 Å². The zero-order chi connectivity index (χ0) is 36.5. The number of halogens is 1. The number of benzene rings is 4. The lowest BCUT2D eigenvalue weighted by atomic mass is 9.49. The second kappa shape index (κ2) is 12.8. The van der Waals surface area contributed by atoms with E-state index in [0.717, 1.165) is 21.7 Å². The second-order valence-electron chi connectivity index (χ2n) is 14.0. The highest BCUT2D eigenvalue weighted by Crippen LogP contribution is 2.64. The topological polar surface area (TPSA) is 116 Å². The van der Waals surface area contributed by atoms with Crippen LogP contribution in [0.2, 0.25) is 0 Å². The fourth-order valence-electron chi connectivity index (χ4n) is 9.05. The number of nitrogens with one attached hydrogen (secondary N) is 1. The molecule has 0 unspecified atom stereocenters. The molecule has 2 saturated heterocycles. The van der Waals surface area contributed by atoms with E-state index in [4.69, 9.17) is 4.74 Å². The first-order valence-corrected chi connectivity index (χ1v) is 18.3. The van der Waals surface area contributed by atoms with Crippen molar-refractivity contribution in [3.63, 3.8) is 0 Å². The smallest absolute Gasteiger partial charge is 0.260 e. The summed E-state index contributed by atoms with van der Waals surface area (Å²) in [5, 5.41) is 12.1. The molecule has 2 heterocycles. The summed E-state index contributed by atoms with van der Waals surface area (Å²) in [4.78, 5) is 60.1. The van der Waals surface area contributed by atoms with Crippen LogP contribution in [0.5, 0.6) is 11.5 Å². The average Bonchev–Trinajstić information content (AvgIpc) is 3.54. The lowest BCUT2D eigenvalue weighted by molar-refractivity contribution is -0.138. The lowest BCUT2D eigenvalue weighted by Crippen LogP contribution is -2.53. The average molecular weight is 806 g/mol. The number of aryl methyl sites for hydroxylation is 1. The van der Waals surface area contributed by atoms with Crippen molar-refractivity contribution in [1.82, 2.24) is 5.01 Å². The number of amides is 4. The number of nitrogens with zero attached hydrogens (tertiary/aromatic N) is 2. The fraction of sp³-hybridized carbons (Fsp3) is 0.238. The van der Waals surface area contributed by atoms with Crippen LogP contribution in [-0.4, -0.2) is 40.9 Å². The fourth-order valence-corrected chi connectivity index (χ4v) is 9.68. The van der Waals surface area contributed by atoms with Crippen molar-refractivity contribution in [2.75, 3.05) is 17.4 Å². The Balaban J connectivity index is 1.33. The third kappa shape index (κ3) is 4.94. The van der Waals surface area contributed by atoms with E-state index in [2.05, 4.69) is 12.0 Å². The van der Waals surface area contributed by atoms with Crippen LogP contribution in [0.4, 0.5) is 11.4 Å². The maximum absolute atomic E-state index is 15.3. The Morgan fingerprint density at radius 1 is 0.923 bits per heavy atom. The van der Waals surface area contributed by atoms with Crippen LogP contribution in [-0.2, 0) is 24.6 Å². The van der Waals surface area contributed by atoms with E-state index in [9.17, 15) is 19.5 Å². The van der Waals surface area contributed by atoms with Crippen LogP contribution >= 0.6 is 22.6 Å². The van der Waals surface area contributed by atoms with Crippen LogP contribution in [0, 0.1) is 34.2 Å². The number of methoxy groups -OCH3 is 1. The predicted molar refractivity (Wildman–Crippen MR) is 205 cm³/mol. The third-order valence-electron chi connectivity index (χ3n) is 11.4. The minimum atomic E-state index is -1.43. The van der Waals surface area contributed by atoms with E-state index >= 15 is 4.79 Å². The number of phenolic OH excluding ortho intramolecular Hbond substituents is 1. The minimum absolute atomic E-state index is 0.0339. The monoisotopic (exact) mass is 805 g/mol. The molecule has 0 bridgehead atoms. The Hall–Kier alpha value is -5.23. The molecule has 4 aliphatic rings. The normalized spacial score (nSPS) is 26.4. The number of aromatic hydroxyl groups is 1. The van der Waals surface area contributed by atoms with Crippen LogP contribution in [0.15, 0.2) is 109 Å². The summed E-state index contributed by atoms with van der Waals surface area (Å²) >= 11 is 2.04. The third-order valence-corrected chi connectivity index (χ3v) is 12.2. The van der Waals surface area contributed by atoms with Gasteiger partial charge in [-0.15, -0.1) is 0 Å². The van der Waals surface area contributed by atoms with E-state index in [1.54, 1.807) is 24.3 Å². The summed E-state index contributed by atoms with van der Waals surface area (Å²) in [6.07, 6.45) is 4.20. The van der Waals surface area contributed by atoms with Gasteiger partial charge in [0, 0.05) is 5.92 Å². The first-order chi connectivity index (χ1) is 25.1. The Morgan fingerprint density at radius 2 is 1.63 bits per heavy atom. The van der Waals surface area contributed by atoms with E-state index < -0.39 is 46.8 Å². The number of hydrazine groups is 1. The summed E-state index contributed by atoms with van der Waals surface area (Å²) in [5.41, 5.74) is 6.81. The molecule has 3 fully saturated rings. The Bertz CT molecular complexity index is 2180. The number of imide groups is 2. The summed E-state index contributed by atoms with van der Waals surface area (Å²) in [5.74, 6) is -4.73. The largest absolute Gasteiger partial charge is 0.504 e. The highest BCUT2D eigenvalue weighted by Gasteiger charge is 2.70. The number of ether oxygens (including phenoxy) is 1. The first kappa shape index (κ1) is 33.9. The summed E-state index contributed by atoms with van der Waals surface area (Å²) in [7, 11) is 1.47. The number of anilines is 2. The summed E-state index contributed by atoms with van der Waals surface area (Å²) < 4.78 is 6.13. The van der Waals surface area contributed by atoms with Crippen LogP contribution in [0.1, 0.15) is 41.0 Å². The maximum Gasteiger partial charge on any atom is 0.260 e. The lowest BCUT2D eigenvalue weighted by Gasteiger charge is -2.50. The van der Waals surface area contributed by atoms with Gasteiger partial charge in [-0.1, -0.05) is 84.5 Å². The van der Waals surface area contributed by atoms with Crippen molar-refractivity contribution >= 4 is 63.7 Å². The molecule has 4 amide bonds. The Labute approximate surface area is 315 Å². The second-order valence-corrected chi connectivity index (χ2v) is 15.1. The number of fused-ring (bicyclic) bond motifs is 4. The number of allylic oxidation sites excluding steroid dienone is 2. The van der Waals surface area contributed by atoms with Gasteiger partial charge < -0.3 is 9.84 Å². The summed E-state index contributed by atoms with van der Waals surface area (Å²) in [6.45, 7) is 5.77. The van der Waals surface area contributed by atoms with Crippen molar-refractivity contribution in [1.29, 1.82) is 0 Å². The molecular weight excluding hydrogens is 769 g/mol. The van der Waals surface area contributed by atoms with E-state index in [1.807, 2.05) is 108 Å². The predicted octanol–water partition coefficient (Wildman–Crippen LogP) is 7.15. The number of phenols is 1.